The van der Waals surface area contributed by atoms with Gasteiger partial charge in [-0.1, -0.05) is 24.3 Å². The minimum absolute atomic E-state index is 0.0156. The third-order valence-electron chi connectivity index (χ3n) is 3.19. The molecule has 0 radical (unpaired) electrons. The molecule has 5 heteroatoms. The lowest BCUT2D eigenvalue weighted by Gasteiger charge is -2.10. The normalized spacial score (nSPS) is 12.4. The maximum Gasteiger partial charge on any atom is 0.354 e. The Kier molecular flexibility index (Phi) is 3.66. The van der Waals surface area contributed by atoms with Gasteiger partial charge in [0.25, 0.3) is 0 Å². The first kappa shape index (κ1) is 13.3. The number of methoxy groups -OCH3 is 1. The van der Waals surface area contributed by atoms with Gasteiger partial charge in [0.15, 0.2) is 5.69 Å². The Balaban J connectivity index is 2.40. The van der Waals surface area contributed by atoms with E-state index in [1.807, 2.05) is 31.2 Å². The van der Waals surface area contributed by atoms with Crippen LogP contribution in [0, 0.1) is 0 Å². The van der Waals surface area contributed by atoms with E-state index in [1.54, 1.807) is 20.4 Å². The molecule has 0 fully saturated rings. The molecule has 1 aromatic heterocycles. The van der Waals surface area contributed by atoms with Crippen LogP contribution in [0.3, 0.4) is 0 Å². The van der Waals surface area contributed by atoms with Gasteiger partial charge >= 0.3 is 5.97 Å². The first-order chi connectivity index (χ1) is 9.04. The molecule has 2 rings (SSSR count). The maximum absolute atomic E-state index is 11.2. The van der Waals surface area contributed by atoms with Crippen LogP contribution in [0.2, 0.25) is 0 Å². The van der Waals surface area contributed by atoms with Crippen molar-refractivity contribution in [3.63, 3.8) is 0 Å². The molecule has 19 heavy (non-hydrogen) atoms. The van der Waals surface area contributed by atoms with Crippen molar-refractivity contribution >= 4 is 5.97 Å². The predicted octanol–water partition coefficient (Wildman–Crippen LogP) is 2.49. The van der Waals surface area contributed by atoms with Crippen molar-refractivity contribution < 1.29 is 14.6 Å². The SMILES string of the molecule is CO[C@H](C)c1ccc(-c2cnn(C)c2C(=O)O)cc1. The Morgan fingerprint density at radius 1 is 1.37 bits per heavy atom. The van der Waals surface area contributed by atoms with Crippen LogP contribution in [-0.4, -0.2) is 28.0 Å². The highest BCUT2D eigenvalue weighted by atomic mass is 16.5. The van der Waals surface area contributed by atoms with Crippen molar-refractivity contribution in [1.82, 2.24) is 9.78 Å². The molecule has 100 valence electrons. The van der Waals surface area contributed by atoms with E-state index in [0.717, 1.165) is 11.1 Å². The summed E-state index contributed by atoms with van der Waals surface area (Å²) in [5, 5.41) is 13.2. The van der Waals surface area contributed by atoms with E-state index >= 15 is 0 Å². The molecule has 0 aliphatic heterocycles. The fourth-order valence-corrected chi connectivity index (χ4v) is 1.97. The largest absolute Gasteiger partial charge is 0.477 e. The molecule has 1 atom stereocenters. The third kappa shape index (κ3) is 2.51. The molecular weight excluding hydrogens is 244 g/mol. The van der Waals surface area contributed by atoms with E-state index < -0.39 is 5.97 Å². The fraction of sp³-hybridized carbons (Fsp3) is 0.286. The average molecular weight is 260 g/mol. The molecule has 1 aromatic carbocycles. The highest BCUT2D eigenvalue weighted by Crippen LogP contribution is 2.25. The minimum atomic E-state index is -0.982. The topological polar surface area (TPSA) is 64.4 Å². The lowest BCUT2D eigenvalue weighted by molar-refractivity contribution is 0.0686. The lowest BCUT2D eigenvalue weighted by atomic mass is 10.0. The lowest BCUT2D eigenvalue weighted by Crippen LogP contribution is -2.06. The molecule has 0 bridgehead atoms. The summed E-state index contributed by atoms with van der Waals surface area (Å²) in [5.41, 5.74) is 2.68. The molecule has 0 aliphatic rings. The zero-order valence-corrected chi connectivity index (χ0v) is 11.1. The first-order valence-corrected chi connectivity index (χ1v) is 5.93. The molecule has 2 aromatic rings. The second-order valence-corrected chi connectivity index (χ2v) is 4.34. The number of hydrogen-bond donors (Lipinski definition) is 1. The van der Waals surface area contributed by atoms with Crippen LogP contribution in [0.4, 0.5) is 0 Å². The van der Waals surface area contributed by atoms with Crippen molar-refractivity contribution in [1.29, 1.82) is 0 Å². The summed E-state index contributed by atoms with van der Waals surface area (Å²) in [6, 6.07) is 7.63. The number of aromatic nitrogens is 2. The molecule has 1 N–H and O–H groups in total. The smallest absolute Gasteiger partial charge is 0.354 e. The van der Waals surface area contributed by atoms with Gasteiger partial charge in [-0.2, -0.15) is 5.10 Å². The molecule has 0 saturated carbocycles. The van der Waals surface area contributed by atoms with Gasteiger partial charge in [-0.3, -0.25) is 4.68 Å². The minimum Gasteiger partial charge on any atom is -0.477 e. The zero-order valence-electron chi connectivity index (χ0n) is 11.1. The quantitative estimate of drug-likeness (QED) is 0.917. The number of carboxylic acids is 1. The van der Waals surface area contributed by atoms with Crippen molar-refractivity contribution in [3.8, 4) is 11.1 Å². The average Bonchev–Trinajstić information content (AvgIpc) is 2.80. The van der Waals surface area contributed by atoms with E-state index in [4.69, 9.17) is 4.74 Å². The van der Waals surface area contributed by atoms with Crippen LogP contribution in [0.5, 0.6) is 0 Å². The van der Waals surface area contributed by atoms with E-state index in [-0.39, 0.29) is 11.8 Å². The zero-order chi connectivity index (χ0) is 14.0. The van der Waals surface area contributed by atoms with E-state index in [2.05, 4.69) is 5.10 Å². The molecular formula is C14H16N2O3. The number of rotatable bonds is 4. The summed E-state index contributed by atoms with van der Waals surface area (Å²) < 4.78 is 6.60. The molecule has 0 aliphatic carbocycles. The molecule has 0 amide bonds. The summed E-state index contributed by atoms with van der Waals surface area (Å²) in [6.07, 6.45) is 1.58. The molecule has 0 saturated heterocycles. The monoisotopic (exact) mass is 260 g/mol. The number of nitrogens with zero attached hydrogens (tertiary/aromatic N) is 2. The summed E-state index contributed by atoms with van der Waals surface area (Å²) in [7, 11) is 3.27. The summed E-state index contributed by atoms with van der Waals surface area (Å²) >= 11 is 0. The summed E-state index contributed by atoms with van der Waals surface area (Å²) in [5.74, 6) is -0.982. The van der Waals surface area contributed by atoms with Crippen molar-refractivity contribution in [2.75, 3.05) is 7.11 Å². The Bertz CT molecular complexity index is 587. The number of carboxylic acid groups (broad SMARTS) is 1. The molecule has 0 unspecified atom stereocenters. The van der Waals surface area contributed by atoms with Crippen LogP contribution in [0.15, 0.2) is 30.5 Å². The van der Waals surface area contributed by atoms with Gasteiger partial charge in [-0.25, -0.2) is 4.79 Å². The Morgan fingerprint density at radius 3 is 2.53 bits per heavy atom. The standard InChI is InChI=1S/C14H16N2O3/c1-9(19-3)10-4-6-11(7-5-10)12-8-15-16(2)13(12)14(17)18/h4-9H,1-3H3,(H,17,18)/t9-/m1/s1. The highest BCUT2D eigenvalue weighted by Gasteiger charge is 2.17. The fourth-order valence-electron chi connectivity index (χ4n) is 1.97. The number of aromatic carboxylic acids is 1. The van der Waals surface area contributed by atoms with Crippen LogP contribution in [0.25, 0.3) is 11.1 Å². The van der Waals surface area contributed by atoms with Crippen LogP contribution >= 0.6 is 0 Å². The maximum atomic E-state index is 11.2. The Hall–Kier alpha value is -2.14. The summed E-state index contributed by atoms with van der Waals surface area (Å²) in [4.78, 5) is 11.2. The highest BCUT2D eigenvalue weighted by molar-refractivity contribution is 5.94. The number of ether oxygens (including phenoxy) is 1. The Labute approximate surface area is 111 Å². The van der Waals surface area contributed by atoms with Crippen molar-refractivity contribution in [3.05, 3.63) is 41.7 Å². The number of benzene rings is 1. The van der Waals surface area contributed by atoms with Crippen molar-refractivity contribution in [2.24, 2.45) is 7.05 Å². The number of aryl methyl sites for hydroxylation is 1. The second-order valence-electron chi connectivity index (χ2n) is 4.34. The number of carbonyl (C=O) groups is 1. The number of hydrogen-bond acceptors (Lipinski definition) is 3. The predicted molar refractivity (Wildman–Crippen MR) is 71.0 cm³/mol. The Morgan fingerprint density at radius 2 is 2.00 bits per heavy atom. The van der Waals surface area contributed by atoms with Gasteiger partial charge in [0.1, 0.15) is 0 Å². The summed E-state index contributed by atoms with van der Waals surface area (Å²) in [6.45, 7) is 1.96. The van der Waals surface area contributed by atoms with Gasteiger partial charge in [-0.15, -0.1) is 0 Å². The first-order valence-electron chi connectivity index (χ1n) is 5.93. The molecule has 5 nitrogen and oxygen atoms in total. The van der Waals surface area contributed by atoms with E-state index in [9.17, 15) is 9.90 Å². The second kappa shape index (κ2) is 5.24. The van der Waals surface area contributed by atoms with Gasteiger partial charge in [0, 0.05) is 19.7 Å². The van der Waals surface area contributed by atoms with Crippen LogP contribution < -0.4 is 0 Å². The van der Waals surface area contributed by atoms with E-state index in [0.29, 0.717) is 5.56 Å². The van der Waals surface area contributed by atoms with Gasteiger partial charge < -0.3 is 9.84 Å². The van der Waals surface area contributed by atoms with E-state index in [1.165, 1.54) is 4.68 Å². The van der Waals surface area contributed by atoms with Gasteiger partial charge in [0.05, 0.1) is 12.3 Å². The molecule has 0 spiro atoms. The van der Waals surface area contributed by atoms with Gasteiger partial charge in [-0.05, 0) is 18.1 Å². The van der Waals surface area contributed by atoms with Crippen LogP contribution in [0.1, 0.15) is 29.1 Å². The molecule has 1 heterocycles. The van der Waals surface area contributed by atoms with Crippen molar-refractivity contribution in [2.45, 2.75) is 13.0 Å². The van der Waals surface area contributed by atoms with Gasteiger partial charge in [0.2, 0.25) is 0 Å². The third-order valence-corrected chi connectivity index (χ3v) is 3.19. The van der Waals surface area contributed by atoms with Crippen LogP contribution in [-0.2, 0) is 11.8 Å².